The molecule has 1 aliphatic rings. The van der Waals surface area contributed by atoms with E-state index in [2.05, 4.69) is 61.2 Å². The number of carboxylic acid groups (broad SMARTS) is 1. The number of hydrogen-bond acceptors (Lipinski definition) is 2. The lowest BCUT2D eigenvalue weighted by atomic mass is 9.98. The van der Waals surface area contributed by atoms with E-state index in [0.717, 1.165) is 31.5 Å². The van der Waals surface area contributed by atoms with Crippen LogP contribution in [0.5, 0.6) is 0 Å². The summed E-state index contributed by atoms with van der Waals surface area (Å²) in [6.07, 6.45) is 3.20. The number of anilines is 1. The van der Waals surface area contributed by atoms with Gasteiger partial charge in [-0.15, -0.1) is 0 Å². The highest BCUT2D eigenvalue weighted by molar-refractivity contribution is 5.69. The van der Waals surface area contributed by atoms with E-state index in [1.807, 2.05) is 0 Å². The molecule has 1 atom stereocenters. The number of carbonyl (C=O) groups is 1. The molecule has 2 aromatic carbocycles. The predicted molar refractivity (Wildman–Crippen MR) is 97.8 cm³/mol. The minimum absolute atomic E-state index is 0.132. The highest BCUT2D eigenvalue weighted by Gasteiger charge is 2.26. The Morgan fingerprint density at radius 1 is 1.17 bits per heavy atom. The normalized spacial score (nSPS) is 17.2. The molecule has 1 N–H and O–H groups in total. The number of nitrogens with zero attached hydrogens (tertiary/aromatic N) is 1. The van der Waals surface area contributed by atoms with E-state index in [9.17, 15) is 4.79 Å². The second-order valence-corrected chi connectivity index (χ2v) is 6.86. The maximum Gasteiger partial charge on any atom is 0.305 e. The minimum Gasteiger partial charge on any atom is -0.481 e. The fraction of sp³-hybridized carbons (Fsp3) is 0.381. The van der Waals surface area contributed by atoms with E-state index < -0.39 is 5.97 Å². The van der Waals surface area contributed by atoms with Crippen molar-refractivity contribution >= 4 is 11.7 Å². The molecule has 1 unspecified atom stereocenters. The molecular weight excluding hydrogens is 298 g/mol. The number of benzene rings is 2. The summed E-state index contributed by atoms with van der Waals surface area (Å²) in [7, 11) is 0. The van der Waals surface area contributed by atoms with Crippen LogP contribution < -0.4 is 4.90 Å². The molecular formula is C21H25NO2. The average Bonchev–Trinajstić information content (AvgIpc) is 2.98. The van der Waals surface area contributed by atoms with Gasteiger partial charge in [0.2, 0.25) is 0 Å². The Hall–Kier alpha value is -2.29. The molecule has 0 radical (unpaired) electrons. The molecule has 1 aliphatic heterocycles. The maximum absolute atomic E-state index is 11.0. The Balaban J connectivity index is 1.72. The van der Waals surface area contributed by atoms with Crippen LogP contribution >= 0.6 is 0 Å². The van der Waals surface area contributed by atoms with Crippen LogP contribution in [0.4, 0.5) is 5.69 Å². The van der Waals surface area contributed by atoms with Crippen LogP contribution in [0.15, 0.2) is 42.5 Å². The fourth-order valence-electron chi connectivity index (χ4n) is 3.66. The van der Waals surface area contributed by atoms with Crippen LogP contribution in [0.1, 0.15) is 41.5 Å². The van der Waals surface area contributed by atoms with E-state index in [-0.39, 0.29) is 12.5 Å². The average molecular weight is 323 g/mol. The van der Waals surface area contributed by atoms with Gasteiger partial charge in [-0.05, 0) is 61.9 Å². The Bertz CT molecular complexity index is 721. The molecule has 1 fully saturated rings. The zero-order valence-corrected chi connectivity index (χ0v) is 14.5. The molecule has 3 rings (SSSR count). The molecule has 0 saturated carbocycles. The Labute approximate surface area is 143 Å². The van der Waals surface area contributed by atoms with Gasteiger partial charge >= 0.3 is 5.97 Å². The molecule has 1 heterocycles. The summed E-state index contributed by atoms with van der Waals surface area (Å²) >= 11 is 0. The standard InChI is InChI=1S/C21H25NO2/c1-15-5-8-18(16(2)12-15)13-17-6-9-19(10-7-17)22-11-3-4-20(22)14-21(23)24/h5-10,12,20H,3-4,11,13-14H2,1-2H3,(H,23,24). The molecule has 0 spiro atoms. The van der Waals surface area contributed by atoms with E-state index in [0.29, 0.717) is 0 Å². The van der Waals surface area contributed by atoms with Crippen LogP contribution in [0.3, 0.4) is 0 Å². The summed E-state index contributed by atoms with van der Waals surface area (Å²) in [5, 5.41) is 9.07. The van der Waals surface area contributed by atoms with Crippen molar-refractivity contribution in [2.45, 2.75) is 45.6 Å². The number of aliphatic carboxylic acids is 1. The molecule has 0 aromatic heterocycles. The molecule has 24 heavy (non-hydrogen) atoms. The summed E-state index contributed by atoms with van der Waals surface area (Å²) in [6.45, 7) is 5.24. The lowest BCUT2D eigenvalue weighted by molar-refractivity contribution is -0.137. The summed E-state index contributed by atoms with van der Waals surface area (Å²) in [4.78, 5) is 13.3. The third-order valence-corrected chi connectivity index (χ3v) is 4.95. The van der Waals surface area contributed by atoms with Gasteiger partial charge in [-0.1, -0.05) is 35.9 Å². The maximum atomic E-state index is 11.0. The smallest absolute Gasteiger partial charge is 0.305 e. The monoisotopic (exact) mass is 323 g/mol. The van der Waals surface area contributed by atoms with Gasteiger partial charge in [0.15, 0.2) is 0 Å². The summed E-state index contributed by atoms with van der Waals surface area (Å²) < 4.78 is 0. The van der Waals surface area contributed by atoms with Crippen molar-refractivity contribution in [3.05, 3.63) is 64.7 Å². The number of carboxylic acids is 1. The quantitative estimate of drug-likeness (QED) is 0.890. The third kappa shape index (κ3) is 3.78. The van der Waals surface area contributed by atoms with Crippen molar-refractivity contribution in [1.29, 1.82) is 0 Å². The van der Waals surface area contributed by atoms with Crippen LogP contribution in [-0.2, 0) is 11.2 Å². The van der Waals surface area contributed by atoms with Gasteiger partial charge in [0.1, 0.15) is 0 Å². The van der Waals surface area contributed by atoms with E-state index in [1.54, 1.807) is 0 Å². The SMILES string of the molecule is Cc1ccc(Cc2ccc(N3CCCC3CC(=O)O)cc2)c(C)c1. The van der Waals surface area contributed by atoms with Crippen LogP contribution in [-0.4, -0.2) is 23.7 Å². The number of hydrogen-bond donors (Lipinski definition) is 1. The zero-order chi connectivity index (χ0) is 17.1. The van der Waals surface area contributed by atoms with Crippen molar-refractivity contribution < 1.29 is 9.90 Å². The molecule has 3 nitrogen and oxygen atoms in total. The molecule has 3 heteroatoms. The lowest BCUT2D eigenvalue weighted by Crippen LogP contribution is -2.31. The first-order valence-corrected chi connectivity index (χ1v) is 8.66. The summed E-state index contributed by atoms with van der Waals surface area (Å²) in [6, 6.07) is 15.4. The van der Waals surface area contributed by atoms with Crippen LogP contribution in [0, 0.1) is 13.8 Å². The second kappa shape index (κ2) is 7.08. The highest BCUT2D eigenvalue weighted by atomic mass is 16.4. The van der Waals surface area contributed by atoms with Crippen LogP contribution in [0.2, 0.25) is 0 Å². The third-order valence-electron chi connectivity index (χ3n) is 4.95. The van der Waals surface area contributed by atoms with Gasteiger partial charge in [-0.3, -0.25) is 4.79 Å². The van der Waals surface area contributed by atoms with E-state index in [1.165, 1.54) is 22.3 Å². The predicted octanol–water partition coefficient (Wildman–Crippen LogP) is 4.34. The van der Waals surface area contributed by atoms with Gasteiger partial charge in [0.05, 0.1) is 6.42 Å². The first-order chi connectivity index (χ1) is 11.5. The van der Waals surface area contributed by atoms with Crippen molar-refractivity contribution in [2.24, 2.45) is 0 Å². The molecule has 1 saturated heterocycles. The van der Waals surface area contributed by atoms with Crippen molar-refractivity contribution in [3.63, 3.8) is 0 Å². The largest absolute Gasteiger partial charge is 0.481 e. The van der Waals surface area contributed by atoms with Gasteiger partial charge in [-0.2, -0.15) is 0 Å². The first kappa shape index (κ1) is 16.6. The minimum atomic E-state index is -0.710. The van der Waals surface area contributed by atoms with Gasteiger partial charge in [-0.25, -0.2) is 0 Å². The summed E-state index contributed by atoms with van der Waals surface area (Å²) in [5.41, 5.74) is 6.42. The van der Waals surface area contributed by atoms with Gasteiger partial charge < -0.3 is 10.0 Å². The molecule has 0 amide bonds. The van der Waals surface area contributed by atoms with Crippen molar-refractivity contribution in [1.82, 2.24) is 0 Å². The van der Waals surface area contributed by atoms with Gasteiger partial charge in [0.25, 0.3) is 0 Å². The van der Waals surface area contributed by atoms with Crippen molar-refractivity contribution in [3.8, 4) is 0 Å². The van der Waals surface area contributed by atoms with Gasteiger partial charge in [0, 0.05) is 18.3 Å². The topological polar surface area (TPSA) is 40.5 Å². The van der Waals surface area contributed by atoms with Crippen molar-refractivity contribution in [2.75, 3.05) is 11.4 Å². The second-order valence-electron chi connectivity index (χ2n) is 6.86. The fourth-order valence-corrected chi connectivity index (χ4v) is 3.66. The summed E-state index contributed by atoms with van der Waals surface area (Å²) in [5.74, 6) is -0.710. The zero-order valence-electron chi connectivity index (χ0n) is 14.5. The molecule has 126 valence electrons. The molecule has 0 aliphatic carbocycles. The number of rotatable bonds is 5. The van der Waals surface area contributed by atoms with Crippen LogP contribution in [0.25, 0.3) is 0 Å². The Morgan fingerprint density at radius 3 is 2.58 bits per heavy atom. The first-order valence-electron chi connectivity index (χ1n) is 8.66. The lowest BCUT2D eigenvalue weighted by Gasteiger charge is -2.26. The van der Waals surface area contributed by atoms with E-state index >= 15 is 0 Å². The Kier molecular flexibility index (Phi) is 4.89. The van der Waals surface area contributed by atoms with E-state index in [4.69, 9.17) is 5.11 Å². The Morgan fingerprint density at radius 2 is 1.92 bits per heavy atom. The highest BCUT2D eigenvalue weighted by Crippen LogP contribution is 2.28. The molecule has 0 bridgehead atoms. The molecule has 2 aromatic rings. The number of aryl methyl sites for hydroxylation is 2.